The van der Waals surface area contributed by atoms with Crippen molar-refractivity contribution < 1.29 is 9.59 Å². The van der Waals surface area contributed by atoms with Crippen molar-refractivity contribution in [3.05, 3.63) is 66.1 Å². The maximum atomic E-state index is 12.0. The monoisotopic (exact) mass is 397 g/mol. The van der Waals surface area contributed by atoms with E-state index in [0.29, 0.717) is 17.1 Å². The summed E-state index contributed by atoms with van der Waals surface area (Å²) in [7, 11) is 1.79. The lowest BCUT2D eigenvalue weighted by Gasteiger charge is -2.07. The minimum Gasteiger partial charge on any atom is -0.364 e. The number of nitrogens with two attached hydrogens (primary N) is 1. The Kier molecular flexibility index (Phi) is 5.22. The minimum atomic E-state index is -0.631. The van der Waals surface area contributed by atoms with Crippen molar-refractivity contribution >= 4 is 11.8 Å². The Morgan fingerprint density at radius 3 is 2.63 bits per heavy atom. The van der Waals surface area contributed by atoms with Gasteiger partial charge in [0.2, 0.25) is 5.91 Å². The van der Waals surface area contributed by atoms with Crippen LogP contribution in [0.3, 0.4) is 0 Å². The smallest absolute Gasteiger partial charge is 0.267 e. The molecule has 1 fully saturated rings. The van der Waals surface area contributed by atoms with Crippen LogP contribution < -0.4 is 5.73 Å². The van der Waals surface area contributed by atoms with Crippen molar-refractivity contribution in [1.82, 2.24) is 19.9 Å². The van der Waals surface area contributed by atoms with Crippen LogP contribution in [0, 0.1) is 17.8 Å². The van der Waals surface area contributed by atoms with Gasteiger partial charge in [-0.3, -0.25) is 9.59 Å². The van der Waals surface area contributed by atoms with E-state index in [9.17, 15) is 9.59 Å². The molecule has 0 spiro atoms. The van der Waals surface area contributed by atoms with Gasteiger partial charge < -0.3 is 10.6 Å². The van der Waals surface area contributed by atoms with E-state index in [1.807, 2.05) is 30.3 Å². The predicted molar refractivity (Wildman–Crippen MR) is 112 cm³/mol. The Labute approximate surface area is 174 Å². The summed E-state index contributed by atoms with van der Waals surface area (Å²) >= 11 is 0. The van der Waals surface area contributed by atoms with Gasteiger partial charge in [-0.05, 0) is 36.8 Å². The summed E-state index contributed by atoms with van der Waals surface area (Å²) in [6.07, 6.45) is 4.00. The van der Waals surface area contributed by atoms with Gasteiger partial charge in [0, 0.05) is 42.7 Å². The van der Waals surface area contributed by atoms with Crippen molar-refractivity contribution in [1.29, 1.82) is 0 Å². The van der Waals surface area contributed by atoms with E-state index in [0.717, 1.165) is 24.1 Å². The normalized spacial score (nSPS) is 15.6. The number of hydrogen-bond acceptors (Lipinski definition) is 5. The van der Waals surface area contributed by atoms with Crippen molar-refractivity contribution in [2.45, 2.75) is 6.42 Å². The summed E-state index contributed by atoms with van der Waals surface area (Å²) in [5, 5.41) is 0. The zero-order valence-electron chi connectivity index (χ0n) is 16.4. The topological polar surface area (TPSA) is 102 Å². The molecule has 4 rings (SSSR count). The number of hydrogen-bond donors (Lipinski definition) is 1. The second kappa shape index (κ2) is 8.13. The zero-order valence-corrected chi connectivity index (χ0v) is 16.4. The van der Waals surface area contributed by atoms with Crippen LogP contribution in [-0.4, -0.2) is 45.3 Å². The Bertz CT molecular complexity index is 1180. The van der Waals surface area contributed by atoms with E-state index < -0.39 is 5.91 Å². The number of carbonyl (C=O) groups excluding carboxylic acids is 2. The molecule has 1 aliphatic heterocycles. The summed E-state index contributed by atoms with van der Waals surface area (Å²) in [6, 6.07) is 12.6. The molecule has 2 aromatic heterocycles. The van der Waals surface area contributed by atoms with Gasteiger partial charge in [0.25, 0.3) is 5.91 Å². The quantitative estimate of drug-likeness (QED) is 0.682. The number of carbonyl (C=O) groups is 2. The average Bonchev–Trinajstić information content (AvgIpc) is 3.10. The van der Waals surface area contributed by atoms with Gasteiger partial charge in [0.15, 0.2) is 5.82 Å². The third-order valence-electron chi connectivity index (χ3n) is 4.88. The molecule has 7 heteroatoms. The van der Waals surface area contributed by atoms with Gasteiger partial charge in [0.1, 0.15) is 11.6 Å². The number of pyridine rings is 1. The van der Waals surface area contributed by atoms with Gasteiger partial charge >= 0.3 is 0 Å². The van der Waals surface area contributed by atoms with Crippen LogP contribution in [0.1, 0.15) is 22.5 Å². The molecule has 1 saturated heterocycles. The lowest BCUT2D eigenvalue weighted by Crippen LogP contribution is -2.21. The molecule has 0 aliphatic carbocycles. The van der Waals surface area contributed by atoms with E-state index in [1.165, 1.54) is 0 Å². The first kappa shape index (κ1) is 19.3. The highest BCUT2D eigenvalue weighted by Gasteiger charge is 2.27. The van der Waals surface area contributed by atoms with Crippen molar-refractivity contribution in [3.8, 4) is 34.5 Å². The fourth-order valence-corrected chi connectivity index (χ4v) is 3.27. The number of primary amides is 1. The number of amides is 2. The second-order valence-electron chi connectivity index (χ2n) is 7.01. The van der Waals surface area contributed by atoms with E-state index in [4.69, 9.17) is 5.73 Å². The Morgan fingerprint density at radius 1 is 1.13 bits per heavy atom. The number of nitrogens with zero attached hydrogens (tertiary/aromatic N) is 4. The highest BCUT2D eigenvalue weighted by Crippen LogP contribution is 2.25. The van der Waals surface area contributed by atoms with Crippen LogP contribution in [0.5, 0.6) is 0 Å². The van der Waals surface area contributed by atoms with Gasteiger partial charge in [-0.25, -0.2) is 15.0 Å². The summed E-state index contributed by atoms with van der Waals surface area (Å²) in [5.74, 6) is 5.79. The SMILES string of the molecule is CN1CC[C@@H](C#Cc2cccc(-c3cc(-c4ncccn4)cc(C(N)=O)n3)c2)C1=O. The number of likely N-dealkylation sites (tertiary alicyclic amines) is 1. The third-order valence-corrected chi connectivity index (χ3v) is 4.88. The molecule has 0 bridgehead atoms. The maximum absolute atomic E-state index is 12.0. The Hall–Kier alpha value is -4.05. The molecule has 1 aliphatic rings. The average molecular weight is 397 g/mol. The Balaban J connectivity index is 1.71. The van der Waals surface area contributed by atoms with E-state index in [2.05, 4.69) is 26.8 Å². The standard InChI is InChI=1S/C23H19N5O2/c1-28-11-8-16(23(28)30)7-6-15-4-2-5-17(12-15)19-13-18(14-20(27-19)21(24)29)22-25-9-3-10-26-22/h2-5,9-10,12-14,16H,8,11H2,1H3,(H2,24,29)/t16-/m1/s1. The van der Waals surface area contributed by atoms with E-state index in [1.54, 1.807) is 36.5 Å². The summed E-state index contributed by atoms with van der Waals surface area (Å²) in [5.41, 5.74) is 8.35. The van der Waals surface area contributed by atoms with Gasteiger partial charge in [-0.15, -0.1) is 0 Å². The largest absolute Gasteiger partial charge is 0.364 e. The zero-order chi connectivity index (χ0) is 21.1. The molecule has 30 heavy (non-hydrogen) atoms. The van der Waals surface area contributed by atoms with Gasteiger partial charge in [-0.2, -0.15) is 0 Å². The molecule has 1 atom stereocenters. The Morgan fingerprint density at radius 2 is 1.93 bits per heavy atom. The van der Waals surface area contributed by atoms with E-state index >= 15 is 0 Å². The maximum Gasteiger partial charge on any atom is 0.267 e. The number of rotatable bonds is 3. The predicted octanol–water partition coefficient (Wildman–Crippen LogP) is 2.13. The molecule has 148 valence electrons. The molecule has 7 nitrogen and oxygen atoms in total. The van der Waals surface area contributed by atoms with Gasteiger partial charge in [0.05, 0.1) is 5.69 Å². The lowest BCUT2D eigenvalue weighted by atomic mass is 10.0. The number of aromatic nitrogens is 3. The van der Waals surface area contributed by atoms with Crippen LogP contribution in [0.2, 0.25) is 0 Å². The van der Waals surface area contributed by atoms with Crippen LogP contribution in [0.25, 0.3) is 22.6 Å². The summed E-state index contributed by atoms with van der Waals surface area (Å²) in [6.45, 7) is 0.729. The van der Waals surface area contributed by atoms with Crippen LogP contribution in [-0.2, 0) is 4.79 Å². The van der Waals surface area contributed by atoms with E-state index in [-0.39, 0.29) is 17.5 Å². The van der Waals surface area contributed by atoms with Crippen molar-refractivity contribution in [2.24, 2.45) is 11.7 Å². The molecule has 0 saturated carbocycles. The first-order valence-corrected chi connectivity index (χ1v) is 9.47. The third kappa shape index (κ3) is 4.03. The van der Waals surface area contributed by atoms with Crippen molar-refractivity contribution in [2.75, 3.05) is 13.6 Å². The highest BCUT2D eigenvalue weighted by atomic mass is 16.2. The number of benzene rings is 1. The van der Waals surface area contributed by atoms with Crippen LogP contribution in [0.15, 0.2) is 54.9 Å². The molecular weight excluding hydrogens is 378 g/mol. The van der Waals surface area contributed by atoms with Gasteiger partial charge in [-0.1, -0.05) is 24.0 Å². The molecule has 0 unspecified atom stereocenters. The lowest BCUT2D eigenvalue weighted by molar-refractivity contribution is -0.128. The van der Waals surface area contributed by atoms with Crippen LogP contribution in [0.4, 0.5) is 0 Å². The van der Waals surface area contributed by atoms with Crippen molar-refractivity contribution in [3.63, 3.8) is 0 Å². The molecule has 2 N–H and O–H groups in total. The summed E-state index contributed by atoms with van der Waals surface area (Å²) in [4.78, 5) is 38.4. The molecule has 2 amide bonds. The fraction of sp³-hybridized carbons (Fsp3) is 0.174. The fourth-order valence-electron chi connectivity index (χ4n) is 3.27. The highest BCUT2D eigenvalue weighted by molar-refractivity contribution is 5.93. The first-order valence-electron chi connectivity index (χ1n) is 9.47. The van der Waals surface area contributed by atoms with Crippen LogP contribution >= 0.6 is 0 Å². The molecule has 3 heterocycles. The first-order chi connectivity index (χ1) is 14.5. The second-order valence-corrected chi connectivity index (χ2v) is 7.01. The summed E-state index contributed by atoms with van der Waals surface area (Å²) < 4.78 is 0. The minimum absolute atomic E-state index is 0.0574. The molecule has 0 radical (unpaired) electrons. The molecule has 1 aromatic carbocycles. The molecular formula is C23H19N5O2. The molecule has 3 aromatic rings.